The molecule has 1 aromatic carbocycles. The summed E-state index contributed by atoms with van der Waals surface area (Å²) in [4.78, 5) is 38.5. The van der Waals surface area contributed by atoms with E-state index in [2.05, 4.69) is 22.8 Å². The van der Waals surface area contributed by atoms with Gasteiger partial charge in [0, 0.05) is 13.1 Å². The zero-order valence-corrected chi connectivity index (χ0v) is 17.9. The van der Waals surface area contributed by atoms with Gasteiger partial charge >= 0.3 is 6.03 Å². The third-order valence-corrected chi connectivity index (χ3v) is 6.55. The first-order valence-electron chi connectivity index (χ1n) is 10.8. The van der Waals surface area contributed by atoms with Crippen LogP contribution >= 0.6 is 0 Å². The SMILES string of the molecule is COc1ccc(CCN2C(=O)N[C@H](CC(=O)NC[C@H]3C[C@H]4C=C[C@H]3C4)C2=O)cc1OC. The van der Waals surface area contributed by atoms with E-state index in [9.17, 15) is 14.4 Å². The summed E-state index contributed by atoms with van der Waals surface area (Å²) in [6.45, 7) is 0.859. The molecule has 8 heteroatoms. The van der Waals surface area contributed by atoms with E-state index < -0.39 is 12.1 Å². The summed E-state index contributed by atoms with van der Waals surface area (Å²) in [6.07, 6.45) is 7.27. The Bertz CT molecular complexity index is 899. The van der Waals surface area contributed by atoms with Crippen LogP contribution in [0, 0.1) is 17.8 Å². The van der Waals surface area contributed by atoms with Gasteiger partial charge in [-0.15, -0.1) is 0 Å². The van der Waals surface area contributed by atoms with Gasteiger partial charge in [-0.25, -0.2) is 4.79 Å². The van der Waals surface area contributed by atoms with Gasteiger partial charge in [-0.3, -0.25) is 14.5 Å². The number of hydrogen-bond acceptors (Lipinski definition) is 5. The number of rotatable bonds is 9. The molecule has 0 aromatic heterocycles. The summed E-state index contributed by atoms with van der Waals surface area (Å²) in [6, 6.07) is 4.22. The number of benzene rings is 1. The molecule has 1 aliphatic heterocycles. The van der Waals surface area contributed by atoms with E-state index in [1.54, 1.807) is 20.3 Å². The number of carbonyl (C=O) groups is 3. The quantitative estimate of drug-likeness (QED) is 0.463. The van der Waals surface area contributed by atoms with Gasteiger partial charge in [-0.1, -0.05) is 18.2 Å². The molecule has 2 aliphatic carbocycles. The fraction of sp³-hybridized carbons (Fsp3) is 0.522. The van der Waals surface area contributed by atoms with E-state index in [4.69, 9.17) is 9.47 Å². The van der Waals surface area contributed by atoms with E-state index in [1.807, 2.05) is 12.1 Å². The minimum Gasteiger partial charge on any atom is -0.493 e. The summed E-state index contributed by atoms with van der Waals surface area (Å²) < 4.78 is 10.5. The van der Waals surface area contributed by atoms with Crippen LogP contribution in [-0.2, 0) is 16.0 Å². The fourth-order valence-electron chi connectivity index (χ4n) is 4.84. The Balaban J connectivity index is 1.26. The third-order valence-electron chi connectivity index (χ3n) is 6.55. The monoisotopic (exact) mass is 427 g/mol. The number of nitrogens with zero attached hydrogens (tertiary/aromatic N) is 1. The number of ether oxygens (including phenoxy) is 2. The molecule has 0 unspecified atom stereocenters. The first kappa shape index (κ1) is 21.2. The van der Waals surface area contributed by atoms with Crippen molar-refractivity contribution in [2.24, 2.45) is 17.8 Å². The molecule has 2 N–H and O–H groups in total. The van der Waals surface area contributed by atoms with Crippen molar-refractivity contribution in [3.8, 4) is 11.5 Å². The zero-order valence-electron chi connectivity index (χ0n) is 17.9. The molecule has 2 fully saturated rings. The van der Waals surface area contributed by atoms with Crippen LogP contribution in [0.3, 0.4) is 0 Å². The maximum atomic E-state index is 12.7. The second kappa shape index (κ2) is 8.99. The van der Waals surface area contributed by atoms with Crippen molar-refractivity contribution in [3.63, 3.8) is 0 Å². The molecular formula is C23H29N3O5. The normalized spacial score (nSPS) is 26.3. The van der Waals surface area contributed by atoms with Crippen LogP contribution in [0.25, 0.3) is 0 Å². The molecule has 1 saturated carbocycles. The molecule has 4 amide bonds. The zero-order chi connectivity index (χ0) is 22.0. The Morgan fingerprint density at radius 2 is 1.97 bits per heavy atom. The van der Waals surface area contributed by atoms with Gasteiger partial charge in [0.1, 0.15) is 6.04 Å². The molecule has 1 aromatic rings. The average Bonchev–Trinajstić information content (AvgIpc) is 3.46. The van der Waals surface area contributed by atoms with E-state index in [0.717, 1.165) is 12.0 Å². The molecule has 166 valence electrons. The number of imide groups is 1. The molecule has 3 aliphatic rings. The summed E-state index contributed by atoms with van der Waals surface area (Å²) in [7, 11) is 3.12. The van der Waals surface area contributed by atoms with Crippen molar-refractivity contribution in [2.75, 3.05) is 27.3 Å². The highest BCUT2D eigenvalue weighted by Crippen LogP contribution is 2.42. The lowest BCUT2D eigenvalue weighted by Crippen LogP contribution is -2.38. The van der Waals surface area contributed by atoms with Crippen LogP contribution in [0.2, 0.25) is 0 Å². The molecule has 4 atom stereocenters. The highest BCUT2D eigenvalue weighted by Gasteiger charge is 2.39. The van der Waals surface area contributed by atoms with Crippen molar-refractivity contribution in [1.82, 2.24) is 15.5 Å². The highest BCUT2D eigenvalue weighted by atomic mass is 16.5. The minimum atomic E-state index is -0.808. The second-order valence-corrected chi connectivity index (χ2v) is 8.48. The topological polar surface area (TPSA) is 97.0 Å². The lowest BCUT2D eigenvalue weighted by Gasteiger charge is -2.19. The number of allylic oxidation sites excluding steroid dienone is 2. The maximum Gasteiger partial charge on any atom is 0.324 e. The van der Waals surface area contributed by atoms with E-state index in [1.165, 1.54) is 11.3 Å². The van der Waals surface area contributed by atoms with Gasteiger partial charge < -0.3 is 20.1 Å². The summed E-state index contributed by atoms with van der Waals surface area (Å²) in [5.41, 5.74) is 0.916. The van der Waals surface area contributed by atoms with E-state index in [-0.39, 0.29) is 24.8 Å². The standard InChI is InChI=1S/C23H29N3O5/c1-30-19-6-4-14(11-20(19)31-2)7-8-26-22(28)18(25-23(26)29)12-21(27)24-13-17-10-15-3-5-16(17)9-15/h3-6,11,15-18H,7-10,12-13H2,1-2H3,(H,24,27)(H,25,29)/t15-,16-,17+,18+/m0/s1. The van der Waals surface area contributed by atoms with Crippen molar-refractivity contribution >= 4 is 17.8 Å². The Morgan fingerprint density at radius 1 is 1.16 bits per heavy atom. The Labute approximate surface area is 181 Å². The van der Waals surface area contributed by atoms with Gasteiger partial charge in [-0.2, -0.15) is 0 Å². The summed E-state index contributed by atoms with van der Waals surface area (Å²) in [5.74, 6) is 2.35. The number of amides is 4. The smallest absolute Gasteiger partial charge is 0.324 e. The van der Waals surface area contributed by atoms with Gasteiger partial charge in [0.2, 0.25) is 5.91 Å². The first-order valence-corrected chi connectivity index (χ1v) is 10.8. The lowest BCUT2D eigenvalue weighted by molar-refractivity contribution is -0.130. The molecule has 1 saturated heterocycles. The van der Waals surface area contributed by atoms with Crippen LogP contribution in [0.1, 0.15) is 24.8 Å². The highest BCUT2D eigenvalue weighted by molar-refractivity contribution is 6.05. The van der Waals surface area contributed by atoms with Crippen molar-refractivity contribution < 1.29 is 23.9 Å². The lowest BCUT2D eigenvalue weighted by atomic mass is 9.93. The Morgan fingerprint density at radius 3 is 2.65 bits per heavy atom. The first-order chi connectivity index (χ1) is 15.0. The fourth-order valence-corrected chi connectivity index (χ4v) is 4.84. The number of hydrogen-bond donors (Lipinski definition) is 2. The van der Waals surface area contributed by atoms with Gasteiger partial charge in [0.25, 0.3) is 5.91 Å². The maximum absolute atomic E-state index is 12.7. The van der Waals surface area contributed by atoms with Gasteiger partial charge in [-0.05, 0) is 54.7 Å². The predicted octanol–water partition coefficient (Wildman–Crippen LogP) is 1.89. The molecule has 4 rings (SSSR count). The van der Waals surface area contributed by atoms with Crippen LogP contribution in [0.15, 0.2) is 30.4 Å². The average molecular weight is 428 g/mol. The molecule has 1 heterocycles. The van der Waals surface area contributed by atoms with Crippen LogP contribution < -0.4 is 20.1 Å². The number of methoxy groups -OCH3 is 2. The molecule has 8 nitrogen and oxygen atoms in total. The molecule has 0 radical (unpaired) electrons. The Hall–Kier alpha value is -3.03. The van der Waals surface area contributed by atoms with Crippen LogP contribution in [0.4, 0.5) is 4.79 Å². The number of nitrogens with one attached hydrogen (secondary N) is 2. The van der Waals surface area contributed by atoms with Crippen molar-refractivity contribution in [1.29, 1.82) is 0 Å². The van der Waals surface area contributed by atoms with E-state index in [0.29, 0.717) is 42.2 Å². The largest absolute Gasteiger partial charge is 0.493 e. The van der Waals surface area contributed by atoms with Crippen molar-refractivity contribution in [3.05, 3.63) is 35.9 Å². The molecule has 2 bridgehead atoms. The third kappa shape index (κ3) is 4.52. The van der Waals surface area contributed by atoms with Gasteiger partial charge in [0.15, 0.2) is 11.5 Å². The number of fused-ring (bicyclic) bond motifs is 2. The predicted molar refractivity (Wildman–Crippen MR) is 114 cm³/mol. The number of carbonyl (C=O) groups excluding carboxylic acids is 3. The van der Waals surface area contributed by atoms with Crippen LogP contribution in [-0.4, -0.2) is 56.1 Å². The molecule has 0 spiro atoms. The molecule has 31 heavy (non-hydrogen) atoms. The van der Waals surface area contributed by atoms with Crippen LogP contribution in [0.5, 0.6) is 11.5 Å². The van der Waals surface area contributed by atoms with Crippen molar-refractivity contribution in [2.45, 2.75) is 31.7 Å². The Kier molecular flexibility index (Phi) is 6.15. The second-order valence-electron chi connectivity index (χ2n) is 8.48. The van der Waals surface area contributed by atoms with E-state index >= 15 is 0 Å². The van der Waals surface area contributed by atoms with Gasteiger partial charge in [0.05, 0.1) is 20.6 Å². The molecular weight excluding hydrogens is 398 g/mol. The number of urea groups is 1. The summed E-state index contributed by atoms with van der Waals surface area (Å²) in [5, 5.41) is 5.58. The summed E-state index contributed by atoms with van der Waals surface area (Å²) >= 11 is 0. The minimum absolute atomic E-state index is 0.0336.